The van der Waals surface area contributed by atoms with Crippen molar-refractivity contribution in [3.8, 4) is 0 Å². The van der Waals surface area contributed by atoms with Crippen molar-refractivity contribution in [3.05, 3.63) is 0 Å². The van der Waals surface area contributed by atoms with Gasteiger partial charge in [-0.2, -0.15) is 0 Å². The Labute approximate surface area is 176 Å². The third-order valence-electron chi connectivity index (χ3n) is 5.78. The number of hydrogen-bond acceptors (Lipinski definition) is 7. The Morgan fingerprint density at radius 3 is 2.47 bits per heavy atom. The van der Waals surface area contributed by atoms with E-state index < -0.39 is 23.0 Å². The van der Waals surface area contributed by atoms with Crippen LogP contribution in [0.5, 0.6) is 0 Å². The van der Waals surface area contributed by atoms with Gasteiger partial charge in [-0.3, -0.25) is 34.2 Å². The van der Waals surface area contributed by atoms with E-state index in [0.29, 0.717) is 19.5 Å². The van der Waals surface area contributed by atoms with Gasteiger partial charge in [0.15, 0.2) is 0 Å². The SMILES string of the molecule is CC(C)(C)OC(=O)CCCCCN1CC2(CC(=O)N(C3CCC(=O)NC3=O)C2=O)C1. The predicted octanol–water partition coefficient (Wildman–Crippen LogP) is 0.755. The van der Waals surface area contributed by atoms with Gasteiger partial charge in [0.25, 0.3) is 0 Å². The highest BCUT2D eigenvalue weighted by Gasteiger charge is 2.60. The van der Waals surface area contributed by atoms with E-state index in [1.165, 1.54) is 0 Å². The van der Waals surface area contributed by atoms with E-state index in [9.17, 15) is 24.0 Å². The van der Waals surface area contributed by atoms with E-state index >= 15 is 0 Å². The lowest BCUT2D eigenvalue weighted by molar-refractivity contribution is -0.155. The van der Waals surface area contributed by atoms with Crippen LogP contribution in [-0.4, -0.2) is 70.7 Å². The van der Waals surface area contributed by atoms with Gasteiger partial charge in [-0.1, -0.05) is 6.42 Å². The lowest BCUT2D eigenvalue weighted by Crippen LogP contribution is -2.62. The normalized spacial score (nSPS) is 24.2. The number of esters is 1. The maximum Gasteiger partial charge on any atom is 0.306 e. The molecule has 3 rings (SSSR count). The molecule has 30 heavy (non-hydrogen) atoms. The Bertz CT molecular complexity index is 750. The van der Waals surface area contributed by atoms with Crippen LogP contribution >= 0.6 is 0 Å². The summed E-state index contributed by atoms with van der Waals surface area (Å²) in [5.74, 6) is -1.73. The third-order valence-corrected chi connectivity index (χ3v) is 5.78. The molecule has 3 heterocycles. The fraction of sp³-hybridized carbons (Fsp3) is 0.762. The Morgan fingerprint density at radius 1 is 1.13 bits per heavy atom. The molecule has 9 heteroatoms. The average Bonchev–Trinajstić information content (AvgIpc) is 2.84. The number of likely N-dealkylation sites (tertiary alicyclic amines) is 2. The second kappa shape index (κ2) is 8.45. The van der Waals surface area contributed by atoms with Crippen LogP contribution in [0.25, 0.3) is 0 Å². The number of piperidine rings is 1. The van der Waals surface area contributed by atoms with E-state index in [2.05, 4.69) is 10.2 Å². The first-order valence-electron chi connectivity index (χ1n) is 10.7. The molecule has 0 aromatic carbocycles. The number of carbonyl (C=O) groups is 5. The zero-order valence-electron chi connectivity index (χ0n) is 18.0. The molecule has 0 saturated carbocycles. The number of unbranched alkanes of at least 4 members (excludes halogenated alkanes) is 2. The van der Waals surface area contributed by atoms with Crippen LogP contribution in [0.2, 0.25) is 0 Å². The zero-order valence-corrected chi connectivity index (χ0v) is 18.0. The van der Waals surface area contributed by atoms with Crippen molar-refractivity contribution < 1.29 is 28.7 Å². The number of hydrogen-bond donors (Lipinski definition) is 1. The zero-order chi connectivity index (χ0) is 22.1. The largest absolute Gasteiger partial charge is 0.460 e. The number of rotatable bonds is 7. The Morgan fingerprint density at radius 2 is 1.83 bits per heavy atom. The number of amides is 4. The van der Waals surface area contributed by atoms with Crippen LogP contribution in [0, 0.1) is 5.41 Å². The van der Waals surface area contributed by atoms with Crippen LogP contribution in [0.15, 0.2) is 0 Å². The van der Waals surface area contributed by atoms with Gasteiger partial charge in [0.1, 0.15) is 11.6 Å². The van der Waals surface area contributed by atoms with Gasteiger partial charge in [0.05, 0.1) is 5.41 Å². The summed E-state index contributed by atoms with van der Waals surface area (Å²) in [5.41, 5.74) is -1.19. The topological polar surface area (TPSA) is 113 Å². The van der Waals surface area contributed by atoms with Crippen LogP contribution in [-0.2, 0) is 28.7 Å². The van der Waals surface area contributed by atoms with Crippen molar-refractivity contribution in [2.45, 2.75) is 77.4 Å². The minimum atomic E-state index is -0.871. The molecule has 3 aliphatic rings. The van der Waals surface area contributed by atoms with Crippen molar-refractivity contribution in [3.63, 3.8) is 0 Å². The van der Waals surface area contributed by atoms with Crippen molar-refractivity contribution in [2.75, 3.05) is 19.6 Å². The monoisotopic (exact) mass is 421 g/mol. The fourth-order valence-electron chi connectivity index (χ4n) is 4.45. The number of ether oxygens (including phenoxy) is 1. The minimum absolute atomic E-state index is 0.124. The molecule has 3 saturated heterocycles. The molecule has 166 valence electrons. The number of carbonyl (C=O) groups excluding carboxylic acids is 5. The summed E-state index contributed by atoms with van der Waals surface area (Å²) in [6.45, 7) is 7.36. The van der Waals surface area contributed by atoms with Gasteiger partial charge in [-0.05, 0) is 46.6 Å². The van der Waals surface area contributed by atoms with Gasteiger partial charge in [0.2, 0.25) is 23.6 Å². The van der Waals surface area contributed by atoms with Crippen LogP contribution < -0.4 is 5.32 Å². The summed E-state index contributed by atoms with van der Waals surface area (Å²) in [6.07, 6.45) is 3.40. The first kappa shape index (κ1) is 22.4. The Hall–Kier alpha value is -2.29. The number of nitrogens with one attached hydrogen (secondary N) is 1. The molecule has 0 aromatic heterocycles. The maximum atomic E-state index is 12.9. The highest BCUT2D eigenvalue weighted by molar-refractivity contribution is 6.11. The molecule has 0 radical (unpaired) electrons. The van der Waals surface area contributed by atoms with Gasteiger partial charge >= 0.3 is 5.97 Å². The van der Waals surface area contributed by atoms with E-state index in [-0.39, 0.29) is 43.0 Å². The van der Waals surface area contributed by atoms with Crippen molar-refractivity contribution in [1.82, 2.24) is 15.1 Å². The number of imide groups is 2. The first-order valence-corrected chi connectivity index (χ1v) is 10.7. The highest BCUT2D eigenvalue weighted by Crippen LogP contribution is 2.42. The first-order chi connectivity index (χ1) is 14.0. The molecule has 4 amide bonds. The summed E-state index contributed by atoms with van der Waals surface area (Å²) in [5, 5.41) is 2.21. The third kappa shape index (κ3) is 4.88. The second-order valence-corrected chi connectivity index (χ2v) is 9.60. The molecular weight excluding hydrogens is 390 g/mol. The lowest BCUT2D eigenvalue weighted by atomic mass is 9.78. The van der Waals surface area contributed by atoms with Crippen molar-refractivity contribution in [1.29, 1.82) is 0 Å². The maximum absolute atomic E-state index is 12.9. The minimum Gasteiger partial charge on any atom is -0.460 e. The Kier molecular flexibility index (Phi) is 6.31. The predicted molar refractivity (Wildman–Crippen MR) is 106 cm³/mol. The number of nitrogens with zero attached hydrogens (tertiary/aromatic N) is 2. The van der Waals surface area contributed by atoms with Crippen molar-refractivity contribution in [2.24, 2.45) is 5.41 Å². The summed E-state index contributed by atoms with van der Waals surface area (Å²) >= 11 is 0. The molecule has 0 bridgehead atoms. The van der Waals surface area contributed by atoms with E-state index in [0.717, 1.165) is 30.7 Å². The summed E-state index contributed by atoms with van der Waals surface area (Å²) in [6, 6.07) is -0.871. The molecule has 0 aromatic rings. The molecule has 1 spiro atoms. The van der Waals surface area contributed by atoms with Crippen LogP contribution in [0.4, 0.5) is 0 Å². The molecule has 9 nitrogen and oxygen atoms in total. The van der Waals surface area contributed by atoms with Crippen LogP contribution in [0.1, 0.15) is 65.7 Å². The fourth-order valence-corrected chi connectivity index (χ4v) is 4.45. The van der Waals surface area contributed by atoms with Crippen LogP contribution in [0.3, 0.4) is 0 Å². The lowest BCUT2D eigenvalue weighted by Gasteiger charge is -2.46. The summed E-state index contributed by atoms with van der Waals surface area (Å²) in [4.78, 5) is 63.7. The molecule has 1 atom stereocenters. The van der Waals surface area contributed by atoms with Crippen molar-refractivity contribution >= 4 is 29.6 Å². The summed E-state index contributed by atoms with van der Waals surface area (Å²) in [7, 11) is 0. The average molecular weight is 421 g/mol. The molecule has 3 aliphatic heterocycles. The van der Waals surface area contributed by atoms with Gasteiger partial charge in [0, 0.05) is 32.4 Å². The molecule has 1 N–H and O–H groups in total. The van der Waals surface area contributed by atoms with E-state index in [1.807, 2.05) is 20.8 Å². The quantitative estimate of drug-likeness (QED) is 0.367. The Balaban J connectivity index is 1.40. The standard InChI is InChI=1S/C21H31N3O6/c1-20(2,3)30-17(27)7-5-4-6-10-23-12-21(13-23)11-16(26)24(19(21)29)14-8-9-15(25)22-18(14)28/h14H,4-13H2,1-3H3,(H,22,25,28). The molecular formula is C21H31N3O6. The van der Waals surface area contributed by atoms with Gasteiger partial charge < -0.3 is 9.64 Å². The van der Waals surface area contributed by atoms with E-state index in [1.54, 1.807) is 0 Å². The van der Waals surface area contributed by atoms with Gasteiger partial charge in [-0.15, -0.1) is 0 Å². The van der Waals surface area contributed by atoms with E-state index in [4.69, 9.17) is 4.74 Å². The van der Waals surface area contributed by atoms with Gasteiger partial charge in [-0.25, -0.2) is 0 Å². The summed E-state index contributed by atoms with van der Waals surface area (Å²) < 4.78 is 5.29. The molecule has 1 unspecified atom stereocenters. The second-order valence-electron chi connectivity index (χ2n) is 9.60. The highest BCUT2D eigenvalue weighted by atomic mass is 16.6. The molecule has 3 fully saturated rings. The molecule has 0 aliphatic carbocycles. The smallest absolute Gasteiger partial charge is 0.306 e.